The molecule has 1 atom stereocenters. The van der Waals surface area contributed by atoms with Gasteiger partial charge in [-0.15, -0.1) is 0 Å². The minimum absolute atomic E-state index is 0.780. The highest BCUT2D eigenvalue weighted by Gasteiger charge is 2.18. The fourth-order valence-corrected chi connectivity index (χ4v) is 2.47. The fourth-order valence-electron chi connectivity index (χ4n) is 2.47. The zero-order valence-electron chi connectivity index (χ0n) is 9.61. The second kappa shape index (κ2) is 3.81. The second-order valence-electron chi connectivity index (χ2n) is 4.77. The Bertz CT molecular complexity index is 456. The first-order valence-corrected chi connectivity index (χ1v) is 6.02. The monoisotopic (exact) mass is 215 g/mol. The number of imidazole rings is 1. The Labute approximate surface area is 95.5 Å². The number of fused-ring (bicyclic) bond motifs is 1. The zero-order valence-corrected chi connectivity index (χ0v) is 9.61. The lowest BCUT2D eigenvalue weighted by molar-refractivity contribution is 0.443. The maximum Gasteiger partial charge on any atom is 0.203 e. The lowest BCUT2D eigenvalue weighted by Gasteiger charge is -2.30. The largest absolute Gasteiger partial charge is 0.342 e. The van der Waals surface area contributed by atoms with Crippen molar-refractivity contribution in [2.75, 3.05) is 18.0 Å². The quantitative estimate of drug-likeness (QED) is 0.793. The number of benzene rings is 1. The third kappa shape index (κ3) is 1.66. The Morgan fingerprint density at radius 2 is 2.25 bits per heavy atom. The highest BCUT2D eigenvalue weighted by molar-refractivity contribution is 5.77. The minimum atomic E-state index is 0.780. The van der Waals surface area contributed by atoms with E-state index in [0.717, 1.165) is 36.0 Å². The van der Waals surface area contributed by atoms with Crippen molar-refractivity contribution in [1.29, 1.82) is 0 Å². The van der Waals surface area contributed by atoms with Crippen LogP contribution in [0.2, 0.25) is 0 Å². The van der Waals surface area contributed by atoms with Crippen molar-refractivity contribution < 1.29 is 0 Å². The van der Waals surface area contributed by atoms with E-state index in [9.17, 15) is 0 Å². The van der Waals surface area contributed by atoms with Crippen LogP contribution in [0.3, 0.4) is 0 Å². The van der Waals surface area contributed by atoms with E-state index in [1.807, 2.05) is 12.1 Å². The molecule has 0 bridgehead atoms. The van der Waals surface area contributed by atoms with Gasteiger partial charge in [0.15, 0.2) is 0 Å². The van der Waals surface area contributed by atoms with Gasteiger partial charge in [0.1, 0.15) is 0 Å². The standard InChI is InChI=1S/C13H17N3/c1-10-5-4-8-16(9-10)13-14-11-6-2-3-7-12(11)15-13/h2-3,6-7,10H,4-5,8-9H2,1H3,(H,14,15)/t10-/m0/s1. The third-order valence-electron chi connectivity index (χ3n) is 3.33. The van der Waals surface area contributed by atoms with Gasteiger partial charge >= 0.3 is 0 Å². The number of nitrogens with zero attached hydrogens (tertiary/aromatic N) is 2. The van der Waals surface area contributed by atoms with Gasteiger partial charge in [0.25, 0.3) is 0 Å². The van der Waals surface area contributed by atoms with Crippen LogP contribution in [0, 0.1) is 5.92 Å². The molecule has 0 amide bonds. The van der Waals surface area contributed by atoms with E-state index in [-0.39, 0.29) is 0 Å². The van der Waals surface area contributed by atoms with Crippen LogP contribution in [0.1, 0.15) is 19.8 Å². The summed E-state index contributed by atoms with van der Waals surface area (Å²) < 4.78 is 0. The molecule has 84 valence electrons. The molecule has 1 aliphatic heterocycles. The van der Waals surface area contributed by atoms with Crippen molar-refractivity contribution in [3.05, 3.63) is 24.3 Å². The van der Waals surface area contributed by atoms with E-state index in [4.69, 9.17) is 0 Å². The minimum Gasteiger partial charge on any atom is -0.342 e. The molecule has 0 aliphatic carbocycles. The molecule has 1 fully saturated rings. The van der Waals surface area contributed by atoms with Crippen molar-refractivity contribution >= 4 is 17.0 Å². The summed E-state index contributed by atoms with van der Waals surface area (Å²) in [5.41, 5.74) is 2.20. The van der Waals surface area contributed by atoms with E-state index < -0.39 is 0 Å². The molecule has 3 heteroatoms. The van der Waals surface area contributed by atoms with Crippen molar-refractivity contribution in [3.63, 3.8) is 0 Å². The lowest BCUT2D eigenvalue weighted by Crippen LogP contribution is -2.34. The van der Waals surface area contributed by atoms with Crippen LogP contribution in [0.15, 0.2) is 24.3 Å². The van der Waals surface area contributed by atoms with Crippen LogP contribution in [0.25, 0.3) is 11.0 Å². The van der Waals surface area contributed by atoms with Gasteiger partial charge in [-0.3, -0.25) is 0 Å². The lowest BCUT2D eigenvalue weighted by atomic mass is 10.0. The average Bonchev–Trinajstić information content (AvgIpc) is 2.72. The number of para-hydroxylation sites is 2. The number of H-pyrrole nitrogens is 1. The van der Waals surface area contributed by atoms with Gasteiger partial charge in [-0.2, -0.15) is 0 Å². The summed E-state index contributed by atoms with van der Waals surface area (Å²) in [6.45, 7) is 4.57. The highest BCUT2D eigenvalue weighted by atomic mass is 15.3. The smallest absolute Gasteiger partial charge is 0.203 e. The maximum absolute atomic E-state index is 4.64. The first kappa shape index (κ1) is 9.70. The summed E-state index contributed by atoms with van der Waals surface area (Å²) >= 11 is 0. The topological polar surface area (TPSA) is 31.9 Å². The Balaban J connectivity index is 1.93. The van der Waals surface area contributed by atoms with Crippen LogP contribution in [-0.2, 0) is 0 Å². The van der Waals surface area contributed by atoms with Gasteiger partial charge in [0, 0.05) is 13.1 Å². The summed E-state index contributed by atoms with van der Waals surface area (Å²) in [6, 6.07) is 8.22. The zero-order chi connectivity index (χ0) is 11.0. The second-order valence-corrected chi connectivity index (χ2v) is 4.77. The summed E-state index contributed by atoms with van der Waals surface area (Å²) in [6.07, 6.45) is 2.62. The van der Waals surface area contributed by atoms with Crippen LogP contribution >= 0.6 is 0 Å². The van der Waals surface area contributed by atoms with Gasteiger partial charge in [0.2, 0.25) is 5.95 Å². The Morgan fingerprint density at radius 1 is 1.38 bits per heavy atom. The molecule has 0 spiro atoms. The van der Waals surface area contributed by atoms with Crippen LogP contribution in [0.4, 0.5) is 5.95 Å². The Kier molecular flexibility index (Phi) is 2.31. The summed E-state index contributed by atoms with van der Waals surface area (Å²) in [4.78, 5) is 10.4. The van der Waals surface area contributed by atoms with Gasteiger partial charge in [-0.05, 0) is 30.9 Å². The van der Waals surface area contributed by atoms with Gasteiger partial charge in [-0.25, -0.2) is 4.98 Å². The van der Waals surface area contributed by atoms with Crippen LogP contribution in [-0.4, -0.2) is 23.1 Å². The normalized spacial score (nSPS) is 21.6. The molecule has 1 saturated heterocycles. The molecule has 2 heterocycles. The number of hydrogen-bond donors (Lipinski definition) is 1. The molecule has 3 rings (SSSR count). The third-order valence-corrected chi connectivity index (χ3v) is 3.33. The van der Waals surface area contributed by atoms with Crippen LogP contribution in [0.5, 0.6) is 0 Å². The fraction of sp³-hybridized carbons (Fsp3) is 0.462. The van der Waals surface area contributed by atoms with Gasteiger partial charge in [0.05, 0.1) is 11.0 Å². The van der Waals surface area contributed by atoms with E-state index >= 15 is 0 Å². The number of piperidine rings is 1. The molecule has 1 aromatic carbocycles. The molecular formula is C13H17N3. The molecule has 1 N–H and O–H groups in total. The molecule has 1 aromatic heterocycles. The average molecular weight is 215 g/mol. The Morgan fingerprint density at radius 3 is 3.06 bits per heavy atom. The number of rotatable bonds is 1. The molecule has 2 aromatic rings. The number of hydrogen-bond acceptors (Lipinski definition) is 2. The number of anilines is 1. The molecule has 1 aliphatic rings. The SMILES string of the molecule is C[C@H]1CCCN(c2nc3ccccc3[nH]2)C1. The first-order chi connectivity index (χ1) is 7.83. The molecule has 0 unspecified atom stereocenters. The summed E-state index contributed by atoms with van der Waals surface area (Å²) in [5.74, 6) is 1.81. The Hall–Kier alpha value is -1.51. The van der Waals surface area contributed by atoms with Crippen molar-refractivity contribution in [2.24, 2.45) is 5.92 Å². The molecule has 0 saturated carbocycles. The summed E-state index contributed by atoms with van der Waals surface area (Å²) in [7, 11) is 0. The van der Waals surface area contributed by atoms with Gasteiger partial charge in [-0.1, -0.05) is 19.1 Å². The highest BCUT2D eigenvalue weighted by Crippen LogP contribution is 2.22. The molecular weight excluding hydrogens is 198 g/mol. The molecule has 3 nitrogen and oxygen atoms in total. The van der Waals surface area contributed by atoms with Gasteiger partial charge < -0.3 is 9.88 Å². The number of aromatic amines is 1. The van der Waals surface area contributed by atoms with Crippen molar-refractivity contribution in [2.45, 2.75) is 19.8 Å². The van der Waals surface area contributed by atoms with Crippen LogP contribution < -0.4 is 4.90 Å². The van der Waals surface area contributed by atoms with Crippen molar-refractivity contribution in [1.82, 2.24) is 9.97 Å². The predicted molar refractivity (Wildman–Crippen MR) is 66.7 cm³/mol. The first-order valence-electron chi connectivity index (χ1n) is 6.02. The maximum atomic E-state index is 4.64. The van der Waals surface area contributed by atoms with Crippen molar-refractivity contribution in [3.8, 4) is 0 Å². The van der Waals surface area contributed by atoms with E-state index in [1.54, 1.807) is 0 Å². The molecule has 16 heavy (non-hydrogen) atoms. The number of aromatic nitrogens is 2. The number of nitrogens with one attached hydrogen (secondary N) is 1. The summed E-state index contributed by atoms with van der Waals surface area (Å²) in [5, 5.41) is 0. The van der Waals surface area contributed by atoms with E-state index in [0.29, 0.717) is 0 Å². The molecule has 0 radical (unpaired) electrons. The predicted octanol–water partition coefficient (Wildman–Crippen LogP) is 2.80. The van der Waals surface area contributed by atoms with E-state index in [2.05, 4.69) is 33.9 Å². The van der Waals surface area contributed by atoms with E-state index in [1.165, 1.54) is 12.8 Å².